The SMILES string of the molecule is N#Cc1ccc(Oc2cncc(NN)n2)c(C(F)(F)F)c1. The Bertz CT molecular complexity index is 696. The Morgan fingerprint density at radius 3 is 2.67 bits per heavy atom. The molecule has 1 aromatic carbocycles. The van der Waals surface area contributed by atoms with Crippen molar-refractivity contribution in [1.29, 1.82) is 5.26 Å². The molecule has 0 fully saturated rings. The summed E-state index contributed by atoms with van der Waals surface area (Å²) in [6.07, 6.45) is -2.26. The van der Waals surface area contributed by atoms with Crippen molar-refractivity contribution in [3.8, 4) is 17.7 Å². The first-order valence-electron chi connectivity index (χ1n) is 5.52. The highest BCUT2D eigenvalue weighted by atomic mass is 19.4. The van der Waals surface area contributed by atoms with Crippen LogP contribution in [0.4, 0.5) is 19.0 Å². The van der Waals surface area contributed by atoms with Gasteiger partial charge in [-0.3, -0.25) is 4.98 Å². The second kappa shape index (κ2) is 5.64. The van der Waals surface area contributed by atoms with Gasteiger partial charge in [0.05, 0.1) is 29.6 Å². The first-order chi connectivity index (χ1) is 9.94. The largest absolute Gasteiger partial charge is 0.437 e. The normalized spacial score (nSPS) is 10.8. The van der Waals surface area contributed by atoms with Crippen molar-refractivity contribution in [2.75, 3.05) is 5.43 Å². The van der Waals surface area contributed by atoms with E-state index < -0.39 is 17.5 Å². The first kappa shape index (κ1) is 14.5. The van der Waals surface area contributed by atoms with Crippen molar-refractivity contribution in [2.45, 2.75) is 6.18 Å². The minimum Gasteiger partial charge on any atom is -0.437 e. The number of hydrazine groups is 1. The fourth-order valence-electron chi connectivity index (χ4n) is 1.49. The van der Waals surface area contributed by atoms with E-state index >= 15 is 0 Å². The summed E-state index contributed by atoms with van der Waals surface area (Å²) in [5, 5.41) is 8.67. The fraction of sp³-hybridized carbons (Fsp3) is 0.0833. The number of hydrogen-bond acceptors (Lipinski definition) is 6. The van der Waals surface area contributed by atoms with Crippen LogP contribution in [0.5, 0.6) is 11.6 Å². The third kappa shape index (κ3) is 3.37. The molecular formula is C12H8F3N5O. The number of halogens is 3. The monoisotopic (exact) mass is 295 g/mol. The maximum absolute atomic E-state index is 13.0. The van der Waals surface area contributed by atoms with E-state index in [0.717, 1.165) is 12.3 Å². The van der Waals surface area contributed by atoms with Gasteiger partial charge in [-0.2, -0.15) is 23.4 Å². The summed E-state index contributed by atoms with van der Waals surface area (Å²) >= 11 is 0. The van der Waals surface area contributed by atoms with E-state index in [1.54, 1.807) is 6.07 Å². The van der Waals surface area contributed by atoms with E-state index in [1.165, 1.54) is 12.3 Å². The Hall–Kier alpha value is -2.86. The van der Waals surface area contributed by atoms with Crippen molar-refractivity contribution < 1.29 is 17.9 Å². The molecule has 1 heterocycles. The smallest absolute Gasteiger partial charge is 0.420 e. The number of benzene rings is 1. The summed E-state index contributed by atoms with van der Waals surface area (Å²) in [6, 6.07) is 4.60. The minimum atomic E-state index is -4.67. The van der Waals surface area contributed by atoms with Gasteiger partial charge in [-0.25, -0.2) is 5.84 Å². The molecule has 0 aliphatic carbocycles. The molecule has 21 heavy (non-hydrogen) atoms. The zero-order valence-corrected chi connectivity index (χ0v) is 10.3. The van der Waals surface area contributed by atoms with E-state index in [9.17, 15) is 13.2 Å². The summed E-state index contributed by atoms with van der Waals surface area (Å²) in [6.45, 7) is 0. The average Bonchev–Trinajstić information content (AvgIpc) is 2.46. The summed E-state index contributed by atoms with van der Waals surface area (Å²) in [4.78, 5) is 7.51. The van der Waals surface area contributed by atoms with E-state index in [4.69, 9.17) is 15.8 Å². The summed E-state index contributed by atoms with van der Waals surface area (Å²) < 4.78 is 43.9. The zero-order valence-electron chi connectivity index (χ0n) is 10.3. The highest BCUT2D eigenvalue weighted by Gasteiger charge is 2.35. The molecule has 2 rings (SSSR count). The van der Waals surface area contributed by atoms with E-state index in [1.807, 2.05) is 0 Å². The lowest BCUT2D eigenvalue weighted by molar-refractivity contribution is -0.138. The Morgan fingerprint density at radius 1 is 1.29 bits per heavy atom. The molecule has 2 aromatic rings. The van der Waals surface area contributed by atoms with Gasteiger partial charge in [-0.05, 0) is 18.2 Å². The summed E-state index contributed by atoms with van der Waals surface area (Å²) in [5.74, 6) is 4.61. The maximum Gasteiger partial charge on any atom is 0.420 e. The molecular weight excluding hydrogens is 287 g/mol. The Morgan fingerprint density at radius 2 is 2.05 bits per heavy atom. The molecule has 0 saturated heterocycles. The average molecular weight is 295 g/mol. The van der Waals surface area contributed by atoms with Crippen molar-refractivity contribution in [1.82, 2.24) is 9.97 Å². The summed E-state index contributed by atoms with van der Waals surface area (Å²) in [5.41, 5.74) is 0.996. The number of rotatable bonds is 3. The van der Waals surface area contributed by atoms with Gasteiger partial charge in [0.1, 0.15) is 5.75 Å². The Labute approximate surface area is 117 Å². The topological polar surface area (TPSA) is 96.8 Å². The molecule has 0 radical (unpaired) electrons. The molecule has 108 valence electrons. The van der Waals surface area contributed by atoms with Crippen LogP contribution in [0, 0.1) is 11.3 Å². The van der Waals surface area contributed by atoms with Crippen molar-refractivity contribution in [3.63, 3.8) is 0 Å². The number of aromatic nitrogens is 2. The van der Waals surface area contributed by atoms with Gasteiger partial charge >= 0.3 is 6.18 Å². The molecule has 0 bridgehead atoms. The third-order valence-electron chi connectivity index (χ3n) is 2.39. The number of hydrogen-bond donors (Lipinski definition) is 2. The molecule has 0 unspecified atom stereocenters. The number of alkyl halides is 3. The Balaban J connectivity index is 2.42. The molecule has 9 heteroatoms. The van der Waals surface area contributed by atoms with Crippen LogP contribution in [-0.2, 0) is 6.18 Å². The zero-order chi connectivity index (χ0) is 15.5. The van der Waals surface area contributed by atoms with Crippen LogP contribution in [0.1, 0.15) is 11.1 Å². The Kier molecular flexibility index (Phi) is 3.91. The van der Waals surface area contributed by atoms with Crippen LogP contribution in [0.15, 0.2) is 30.6 Å². The lowest BCUT2D eigenvalue weighted by atomic mass is 10.1. The number of ether oxygens (including phenoxy) is 1. The van der Waals surface area contributed by atoms with Crippen LogP contribution >= 0.6 is 0 Å². The van der Waals surface area contributed by atoms with Gasteiger partial charge < -0.3 is 10.2 Å². The standard InChI is InChI=1S/C12H8F3N5O/c13-12(14,15)8-3-7(4-16)1-2-9(8)21-11-6-18-5-10(19-11)20-17/h1-3,5-6H,17H2,(H,19,20). The van der Waals surface area contributed by atoms with E-state index in [0.29, 0.717) is 6.07 Å². The maximum atomic E-state index is 13.0. The van der Waals surface area contributed by atoms with Gasteiger partial charge in [0, 0.05) is 0 Å². The molecule has 0 saturated carbocycles. The number of anilines is 1. The second-order valence-electron chi connectivity index (χ2n) is 3.81. The van der Waals surface area contributed by atoms with Crippen LogP contribution in [0.2, 0.25) is 0 Å². The highest BCUT2D eigenvalue weighted by Crippen LogP contribution is 2.38. The third-order valence-corrected chi connectivity index (χ3v) is 2.39. The highest BCUT2D eigenvalue weighted by molar-refractivity contribution is 5.45. The molecule has 0 amide bonds. The predicted molar refractivity (Wildman–Crippen MR) is 66.1 cm³/mol. The van der Waals surface area contributed by atoms with E-state index in [2.05, 4.69) is 15.4 Å². The van der Waals surface area contributed by atoms with Gasteiger partial charge in [-0.15, -0.1) is 0 Å². The first-order valence-corrected chi connectivity index (χ1v) is 5.52. The molecule has 0 spiro atoms. The lowest BCUT2D eigenvalue weighted by Crippen LogP contribution is -2.10. The van der Waals surface area contributed by atoms with Crippen LogP contribution in [-0.4, -0.2) is 9.97 Å². The number of nitrogens with one attached hydrogen (secondary N) is 1. The van der Waals surface area contributed by atoms with Crippen LogP contribution in [0.3, 0.4) is 0 Å². The quantitative estimate of drug-likeness (QED) is 0.667. The van der Waals surface area contributed by atoms with Gasteiger partial charge in [-0.1, -0.05) is 0 Å². The second-order valence-corrected chi connectivity index (χ2v) is 3.81. The molecule has 0 atom stereocenters. The van der Waals surface area contributed by atoms with Crippen molar-refractivity contribution in [2.24, 2.45) is 5.84 Å². The van der Waals surface area contributed by atoms with Gasteiger partial charge in [0.15, 0.2) is 5.82 Å². The van der Waals surface area contributed by atoms with Crippen molar-refractivity contribution >= 4 is 5.82 Å². The summed E-state index contributed by atoms with van der Waals surface area (Å²) in [7, 11) is 0. The number of nitrogens with zero attached hydrogens (tertiary/aromatic N) is 3. The minimum absolute atomic E-state index is 0.127. The molecule has 3 N–H and O–H groups in total. The molecule has 0 aliphatic rings. The van der Waals surface area contributed by atoms with Crippen molar-refractivity contribution in [3.05, 3.63) is 41.7 Å². The number of nitrogens with two attached hydrogens (primary N) is 1. The lowest BCUT2D eigenvalue weighted by Gasteiger charge is -2.13. The molecule has 0 aliphatic heterocycles. The molecule has 6 nitrogen and oxygen atoms in total. The predicted octanol–water partition coefficient (Wildman–Crippen LogP) is 2.44. The number of nitriles is 1. The van der Waals surface area contributed by atoms with E-state index in [-0.39, 0.29) is 17.3 Å². The van der Waals surface area contributed by atoms with Crippen LogP contribution < -0.4 is 16.0 Å². The van der Waals surface area contributed by atoms with Gasteiger partial charge in [0.25, 0.3) is 0 Å². The number of nitrogen functional groups attached to an aromatic ring is 1. The fourth-order valence-corrected chi connectivity index (χ4v) is 1.49. The van der Waals surface area contributed by atoms with Gasteiger partial charge in [0.2, 0.25) is 5.88 Å². The van der Waals surface area contributed by atoms with Crippen LogP contribution in [0.25, 0.3) is 0 Å². The molecule has 1 aromatic heterocycles.